The highest BCUT2D eigenvalue weighted by molar-refractivity contribution is 8.17. The molecular formula is C17H11BClF3N2O3S. The van der Waals surface area contributed by atoms with Crippen LogP contribution >= 0.6 is 23.4 Å². The van der Waals surface area contributed by atoms with Gasteiger partial charge in [0.1, 0.15) is 18.6 Å². The fourth-order valence-electron chi connectivity index (χ4n) is 2.53. The maximum Gasteiger partial charge on any atom is 0.417 e. The van der Waals surface area contributed by atoms with Crippen molar-refractivity contribution in [3.8, 4) is 11.6 Å². The second-order valence-electron chi connectivity index (χ2n) is 6.11. The minimum absolute atomic E-state index is 0.112. The molecule has 1 saturated heterocycles. The fourth-order valence-corrected chi connectivity index (χ4v) is 3.58. The smallest absolute Gasteiger partial charge is 0.417 e. The first-order valence-electron chi connectivity index (χ1n) is 7.81. The van der Waals surface area contributed by atoms with E-state index in [1.54, 1.807) is 25.1 Å². The Morgan fingerprint density at radius 3 is 2.57 bits per heavy atom. The second-order valence-corrected chi connectivity index (χ2v) is 7.82. The Balaban J connectivity index is 1.78. The van der Waals surface area contributed by atoms with Crippen LogP contribution < -0.4 is 10.1 Å². The molecule has 0 bridgehead atoms. The highest BCUT2D eigenvalue weighted by Gasteiger charge is 2.43. The summed E-state index contributed by atoms with van der Waals surface area (Å²) in [4.78, 5) is 26.8. The van der Waals surface area contributed by atoms with Crippen molar-refractivity contribution in [2.45, 2.75) is 24.2 Å². The van der Waals surface area contributed by atoms with E-state index in [0.29, 0.717) is 23.1 Å². The molecule has 144 valence electrons. The van der Waals surface area contributed by atoms with Gasteiger partial charge in [0.25, 0.3) is 5.24 Å². The van der Waals surface area contributed by atoms with E-state index >= 15 is 0 Å². The fraction of sp³-hybridized carbons (Fsp3) is 0.235. The Morgan fingerprint density at radius 1 is 1.32 bits per heavy atom. The normalized spacial score (nSPS) is 19.6. The number of rotatable bonds is 4. The lowest BCUT2D eigenvalue weighted by molar-refractivity contribution is -0.137. The topological polar surface area (TPSA) is 68.3 Å². The molecule has 0 aliphatic carbocycles. The number of alkyl halides is 3. The standard InChI is InChI=1S/C17H11BClF3N2O3S/c1-8-4-11(27-13-12(19)5-10(7-23-13)17(20,21)22)3-2-9(8)6-16(18)14(25)24-15(26)28-16/h2-5,7H,6H2,1H3,(H,24,25,26)/t16-/m1/s1. The number of nitrogens with one attached hydrogen (secondary N) is 1. The summed E-state index contributed by atoms with van der Waals surface area (Å²) in [5.41, 5.74) is 0.434. The highest BCUT2D eigenvalue weighted by atomic mass is 35.5. The van der Waals surface area contributed by atoms with Crippen molar-refractivity contribution in [1.29, 1.82) is 0 Å². The van der Waals surface area contributed by atoms with E-state index in [9.17, 15) is 22.8 Å². The SMILES string of the molecule is [B][C@]1(Cc2ccc(Oc3ncc(C(F)(F)F)cc3Cl)cc2C)SC(=O)NC1=O. The van der Waals surface area contributed by atoms with Gasteiger partial charge in [0.15, 0.2) is 0 Å². The number of hydrogen-bond acceptors (Lipinski definition) is 5. The van der Waals surface area contributed by atoms with Gasteiger partial charge in [-0.25, -0.2) is 4.98 Å². The van der Waals surface area contributed by atoms with Crippen molar-refractivity contribution in [1.82, 2.24) is 10.3 Å². The lowest BCUT2D eigenvalue weighted by Crippen LogP contribution is -2.39. The number of thioether (sulfide) groups is 1. The third-order valence-corrected chi connectivity index (χ3v) is 5.24. The van der Waals surface area contributed by atoms with Gasteiger partial charge in [-0.05, 0) is 42.7 Å². The average Bonchev–Trinajstić information content (AvgIpc) is 2.83. The predicted octanol–water partition coefficient (Wildman–Crippen LogP) is 4.24. The van der Waals surface area contributed by atoms with Gasteiger partial charge in [0.05, 0.1) is 10.2 Å². The summed E-state index contributed by atoms with van der Waals surface area (Å²) in [7, 11) is 6.00. The first-order valence-corrected chi connectivity index (χ1v) is 9.01. The number of ether oxygens (including phenoxy) is 1. The van der Waals surface area contributed by atoms with Gasteiger partial charge in [0, 0.05) is 6.20 Å². The van der Waals surface area contributed by atoms with Crippen molar-refractivity contribution < 1.29 is 27.5 Å². The maximum atomic E-state index is 12.7. The number of carbonyl (C=O) groups excluding carboxylic acids is 2. The van der Waals surface area contributed by atoms with Gasteiger partial charge in [-0.15, -0.1) is 0 Å². The summed E-state index contributed by atoms with van der Waals surface area (Å²) >= 11 is 6.55. The van der Waals surface area contributed by atoms with Gasteiger partial charge < -0.3 is 4.74 Å². The quantitative estimate of drug-likeness (QED) is 0.741. The number of pyridine rings is 1. The zero-order valence-electron chi connectivity index (χ0n) is 14.3. The van der Waals surface area contributed by atoms with Crippen LogP contribution in [0.1, 0.15) is 16.7 Å². The van der Waals surface area contributed by atoms with Crippen LogP contribution in [0.3, 0.4) is 0 Å². The third-order valence-electron chi connectivity index (χ3n) is 3.99. The zero-order valence-corrected chi connectivity index (χ0v) is 15.8. The van der Waals surface area contributed by atoms with Crippen LogP contribution in [-0.4, -0.2) is 28.6 Å². The van der Waals surface area contributed by atoms with Crippen molar-refractivity contribution in [2.24, 2.45) is 0 Å². The van der Waals surface area contributed by atoms with E-state index in [2.05, 4.69) is 10.3 Å². The molecule has 1 aromatic heterocycles. The molecular weight excluding hydrogens is 416 g/mol. The van der Waals surface area contributed by atoms with E-state index in [4.69, 9.17) is 24.2 Å². The number of amides is 2. The summed E-state index contributed by atoms with van der Waals surface area (Å²) in [5, 5.41) is 1.36. The molecule has 1 aliphatic heterocycles. The minimum Gasteiger partial charge on any atom is -0.438 e. The first-order chi connectivity index (χ1) is 13.0. The number of carbonyl (C=O) groups is 2. The lowest BCUT2D eigenvalue weighted by Gasteiger charge is -2.20. The Bertz CT molecular complexity index is 973. The van der Waals surface area contributed by atoms with Crippen LogP contribution in [0.4, 0.5) is 18.0 Å². The molecule has 0 saturated carbocycles. The number of hydrogen-bond donors (Lipinski definition) is 1. The molecule has 1 N–H and O–H groups in total. The summed E-state index contributed by atoms with van der Waals surface area (Å²) in [6.07, 6.45) is -3.81. The van der Waals surface area contributed by atoms with Crippen molar-refractivity contribution in [3.63, 3.8) is 0 Å². The van der Waals surface area contributed by atoms with Crippen molar-refractivity contribution >= 4 is 42.4 Å². The summed E-state index contributed by atoms with van der Waals surface area (Å²) < 4.78 is 42.1. The highest BCUT2D eigenvalue weighted by Crippen LogP contribution is 2.36. The lowest BCUT2D eigenvalue weighted by atomic mass is 9.79. The third kappa shape index (κ3) is 4.28. The zero-order chi connectivity index (χ0) is 20.7. The molecule has 1 atom stereocenters. The number of benzene rings is 1. The summed E-state index contributed by atoms with van der Waals surface area (Å²) in [5.74, 6) is -0.447. The van der Waals surface area contributed by atoms with Crippen LogP contribution in [0.5, 0.6) is 11.6 Å². The maximum absolute atomic E-state index is 12.7. The van der Waals surface area contributed by atoms with Gasteiger partial charge in [-0.1, -0.05) is 29.4 Å². The second kappa shape index (κ2) is 7.33. The molecule has 0 unspecified atom stereocenters. The Labute approximate surface area is 168 Å². The molecule has 28 heavy (non-hydrogen) atoms. The molecule has 3 rings (SSSR count). The number of aromatic nitrogens is 1. The summed E-state index contributed by atoms with van der Waals surface area (Å²) in [6.45, 7) is 1.74. The van der Waals surface area contributed by atoms with Crippen LogP contribution in [0, 0.1) is 6.92 Å². The van der Waals surface area contributed by atoms with Crippen molar-refractivity contribution in [2.75, 3.05) is 0 Å². The number of nitrogens with zero attached hydrogens (tertiary/aromatic N) is 1. The van der Waals surface area contributed by atoms with E-state index in [1.807, 2.05) is 0 Å². The van der Waals surface area contributed by atoms with E-state index in [0.717, 1.165) is 17.8 Å². The van der Waals surface area contributed by atoms with Crippen LogP contribution in [0.15, 0.2) is 30.5 Å². The molecule has 2 heterocycles. The van der Waals surface area contributed by atoms with Gasteiger partial charge >= 0.3 is 6.18 Å². The summed E-state index contributed by atoms with van der Waals surface area (Å²) in [6, 6.07) is 5.53. The van der Waals surface area contributed by atoms with Crippen LogP contribution in [0.25, 0.3) is 0 Å². The van der Waals surface area contributed by atoms with E-state index in [1.165, 1.54) is 0 Å². The van der Waals surface area contributed by atoms with Gasteiger partial charge in [-0.2, -0.15) is 13.2 Å². The number of imide groups is 1. The predicted molar refractivity (Wildman–Crippen MR) is 98.8 cm³/mol. The largest absolute Gasteiger partial charge is 0.438 e. The van der Waals surface area contributed by atoms with Gasteiger partial charge in [-0.3, -0.25) is 14.9 Å². The molecule has 0 spiro atoms. The minimum atomic E-state index is -4.56. The van der Waals surface area contributed by atoms with Gasteiger partial charge in [0.2, 0.25) is 11.8 Å². The number of aryl methyl sites for hydroxylation is 1. The molecule has 1 fully saturated rings. The van der Waals surface area contributed by atoms with E-state index < -0.39 is 27.5 Å². The number of halogens is 4. The Morgan fingerprint density at radius 2 is 2.04 bits per heavy atom. The van der Waals surface area contributed by atoms with E-state index in [-0.39, 0.29) is 17.3 Å². The monoisotopic (exact) mass is 426 g/mol. The average molecular weight is 427 g/mol. The van der Waals surface area contributed by atoms with Crippen LogP contribution in [-0.2, 0) is 17.4 Å². The van der Waals surface area contributed by atoms with Crippen molar-refractivity contribution in [3.05, 3.63) is 52.2 Å². The molecule has 5 nitrogen and oxygen atoms in total. The molecule has 2 radical (unpaired) electrons. The molecule has 2 amide bonds. The molecule has 1 aromatic carbocycles. The molecule has 2 aromatic rings. The Kier molecular flexibility index (Phi) is 5.37. The Hall–Kier alpha value is -2.20. The molecule has 1 aliphatic rings. The molecule has 11 heteroatoms. The van der Waals surface area contributed by atoms with Crippen LogP contribution in [0.2, 0.25) is 5.02 Å². The first kappa shape index (κ1) is 20.5.